The molecule has 154 valence electrons. The van der Waals surface area contributed by atoms with E-state index in [-0.39, 0.29) is 0 Å². The van der Waals surface area contributed by atoms with Gasteiger partial charge >= 0.3 is 0 Å². The lowest BCUT2D eigenvalue weighted by atomic mass is 9.68. The number of nitrogens with zero attached hydrogens (tertiary/aromatic N) is 1. The maximum absolute atomic E-state index is 5.98. The van der Waals surface area contributed by atoms with Gasteiger partial charge in [0.25, 0.3) is 0 Å². The summed E-state index contributed by atoms with van der Waals surface area (Å²) < 4.78 is 0. The Labute approximate surface area is 181 Å². The Morgan fingerprint density at radius 3 is 2.10 bits per heavy atom. The van der Waals surface area contributed by atoms with E-state index in [4.69, 9.17) is 11.6 Å². The molecule has 2 fully saturated rings. The minimum Gasteiger partial charge on any atom is -0.256 e. The van der Waals surface area contributed by atoms with Gasteiger partial charge in [-0.05, 0) is 98.8 Å². The van der Waals surface area contributed by atoms with Crippen LogP contribution in [0.2, 0.25) is 5.02 Å². The predicted molar refractivity (Wildman–Crippen MR) is 124 cm³/mol. The van der Waals surface area contributed by atoms with Gasteiger partial charge in [0.05, 0.1) is 5.69 Å². The second kappa shape index (κ2) is 9.94. The molecule has 2 heteroatoms. The van der Waals surface area contributed by atoms with Crippen LogP contribution in [0.1, 0.15) is 63.4 Å². The van der Waals surface area contributed by atoms with Gasteiger partial charge in [-0.2, -0.15) is 0 Å². The van der Waals surface area contributed by atoms with Crippen LogP contribution in [0, 0.1) is 23.7 Å². The highest BCUT2D eigenvalue weighted by Crippen LogP contribution is 2.42. The van der Waals surface area contributed by atoms with Gasteiger partial charge in [0.1, 0.15) is 0 Å². The van der Waals surface area contributed by atoms with Gasteiger partial charge in [-0.3, -0.25) is 4.98 Å². The first kappa shape index (κ1) is 20.7. The Hall–Kier alpha value is -1.60. The summed E-state index contributed by atoms with van der Waals surface area (Å²) in [6.45, 7) is 3.99. The molecule has 0 saturated heterocycles. The maximum atomic E-state index is 5.98. The van der Waals surface area contributed by atoms with E-state index in [1.165, 1.54) is 63.4 Å². The highest BCUT2D eigenvalue weighted by atomic mass is 35.5. The molecule has 0 atom stereocenters. The summed E-state index contributed by atoms with van der Waals surface area (Å²) in [7, 11) is 0. The fraction of sp³-hybridized carbons (Fsp3) is 0.519. The Bertz CT molecular complexity index is 763. The zero-order chi connectivity index (χ0) is 20.1. The standard InChI is InChI=1S/C27H34ClN/c1-2-20-5-10-23(11-6-20)24-12-7-21(8-13-24)3-4-22-9-18-27(29-19-22)25-14-16-26(28)17-15-25/h2,9,14-21,23-24H,1,3-8,10-13H2. The van der Waals surface area contributed by atoms with E-state index in [2.05, 4.69) is 36.0 Å². The summed E-state index contributed by atoms with van der Waals surface area (Å²) in [5.74, 6) is 3.70. The smallest absolute Gasteiger partial charge is 0.0702 e. The molecule has 2 aliphatic rings. The van der Waals surface area contributed by atoms with E-state index in [0.29, 0.717) is 0 Å². The maximum Gasteiger partial charge on any atom is 0.0702 e. The predicted octanol–water partition coefficient (Wildman–Crippen LogP) is 8.13. The summed E-state index contributed by atoms with van der Waals surface area (Å²) in [6.07, 6.45) is 18.2. The zero-order valence-electron chi connectivity index (χ0n) is 17.5. The van der Waals surface area contributed by atoms with Crippen LogP contribution in [-0.4, -0.2) is 4.98 Å². The van der Waals surface area contributed by atoms with Crippen LogP contribution in [0.15, 0.2) is 55.3 Å². The number of allylic oxidation sites excluding steroid dienone is 1. The minimum absolute atomic E-state index is 0.768. The van der Waals surface area contributed by atoms with Crippen molar-refractivity contribution in [2.45, 2.75) is 64.2 Å². The number of rotatable bonds is 6. The van der Waals surface area contributed by atoms with Gasteiger partial charge in [0.2, 0.25) is 0 Å². The van der Waals surface area contributed by atoms with Crippen molar-refractivity contribution < 1.29 is 0 Å². The van der Waals surface area contributed by atoms with Crippen LogP contribution in [-0.2, 0) is 6.42 Å². The molecule has 1 aromatic carbocycles. The molecule has 2 saturated carbocycles. The largest absolute Gasteiger partial charge is 0.256 e. The highest BCUT2D eigenvalue weighted by Gasteiger charge is 2.30. The molecule has 29 heavy (non-hydrogen) atoms. The van der Waals surface area contributed by atoms with Crippen molar-refractivity contribution in [3.8, 4) is 11.3 Å². The average molecular weight is 408 g/mol. The lowest BCUT2D eigenvalue weighted by Crippen LogP contribution is -2.25. The monoisotopic (exact) mass is 407 g/mol. The third kappa shape index (κ3) is 5.51. The Kier molecular flexibility index (Phi) is 7.08. The van der Waals surface area contributed by atoms with Gasteiger partial charge in [0, 0.05) is 16.8 Å². The number of halogens is 1. The number of aryl methyl sites for hydroxylation is 1. The first-order valence-corrected chi connectivity index (χ1v) is 11.9. The van der Waals surface area contributed by atoms with Gasteiger partial charge in [-0.1, -0.05) is 48.7 Å². The molecule has 2 aromatic rings. The van der Waals surface area contributed by atoms with Crippen molar-refractivity contribution in [1.29, 1.82) is 0 Å². The zero-order valence-corrected chi connectivity index (χ0v) is 18.3. The normalized spacial score (nSPS) is 27.5. The molecule has 1 nitrogen and oxygen atoms in total. The second-order valence-electron chi connectivity index (χ2n) is 9.29. The van der Waals surface area contributed by atoms with Crippen LogP contribution < -0.4 is 0 Å². The molecule has 0 bridgehead atoms. The average Bonchev–Trinajstić information content (AvgIpc) is 2.79. The van der Waals surface area contributed by atoms with E-state index in [1.807, 2.05) is 24.3 Å². The molecule has 1 heterocycles. The van der Waals surface area contributed by atoms with E-state index in [1.54, 1.807) is 0 Å². The Balaban J connectivity index is 1.21. The summed E-state index contributed by atoms with van der Waals surface area (Å²) in [5.41, 5.74) is 3.52. The van der Waals surface area contributed by atoms with Gasteiger partial charge in [-0.25, -0.2) is 0 Å². The molecule has 0 unspecified atom stereocenters. The number of pyridine rings is 1. The molecule has 0 aliphatic heterocycles. The highest BCUT2D eigenvalue weighted by molar-refractivity contribution is 6.30. The fourth-order valence-electron chi connectivity index (χ4n) is 5.53. The molecule has 0 radical (unpaired) electrons. The van der Waals surface area contributed by atoms with Crippen LogP contribution in [0.5, 0.6) is 0 Å². The SMILES string of the molecule is C=CC1CCC(C2CCC(CCc3ccc(-c4ccc(Cl)cc4)nc3)CC2)CC1. The molecule has 2 aliphatic carbocycles. The van der Waals surface area contributed by atoms with Crippen LogP contribution in [0.25, 0.3) is 11.3 Å². The van der Waals surface area contributed by atoms with Gasteiger partial charge in [-0.15, -0.1) is 6.58 Å². The third-order valence-electron chi connectivity index (χ3n) is 7.51. The second-order valence-corrected chi connectivity index (χ2v) is 9.73. The lowest BCUT2D eigenvalue weighted by Gasteiger charge is -2.37. The van der Waals surface area contributed by atoms with Crippen molar-refractivity contribution in [2.75, 3.05) is 0 Å². The minimum atomic E-state index is 0.768. The first-order chi connectivity index (χ1) is 14.2. The number of aromatic nitrogens is 1. The molecule has 0 amide bonds. The summed E-state index contributed by atoms with van der Waals surface area (Å²) in [4.78, 5) is 4.68. The van der Waals surface area contributed by atoms with Crippen molar-refractivity contribution in [3.05, 3.63) is 65.8 Å². The van der Waals surface area contributed by atoms with E-state index >= 15 is 0 Å². The number of benzene rings is 1. The molecule has 1 aromatic heterocycles. The van der Waals surface area contributed by atoms with Crippen molar-refractivity contribution in [3.63, 3.8) is 0 Å². The topological polar surface area (TPSA) is 12.9 Å². The summed E-state index contributed by atoms with van der Waals surface area (Å²) in [5, 5.41) is 0.768. The quantitative estimate of drug-likeness (QED) is 0.440. The van der Waals surface area contributed by atoms with Gasteiger partial charge in [0.15, 0.2) is 0 Å². The molecular weight excluding hydrogens is 374 g/mol. The van der Waals surface area contributed by atoms with Crippen LogP contribution in [0.4, 0.5) is 0 Å². The first-order valence-electron chi connectivity index (χ1n) is 11.5. The number of hydrogen-bond donors (Lipinski definition) is 0. The molecule has 0 N–H and O–H groups in total. The van der Waals surface area contributed by atoms with Gasteiger partial charge < -0.3 is 0 Å². The van der Waals surface area contributed by atoms with Crippen LogP contribution in [0.3, 0.4) is 0 Å². The van der Waals surface area contributed by atoms with Crippen molar-refractivity contribution in [1.82, 2.24) is 4.98 Å². The van der Waals surface area contributed by atoms with Crippen molar-refractivity contribution in [2.24, 2.45) is 23.7 Å². The summed E-state index contributed by atoms with van der Waals surface area (Å²) in [6, 6.07) is 12.3. The Morgan fingerprint density at radius 2 is 1.52 bits per heavy atom. The number of hydrogen-bond acceptors (Lipinski definition) is 1. The molecular formula is C27H34ClN. The molecule has 0 spiro atoms. The van der Waals surface area contributed by atoms with E-state index in [0.717, 1.165) is 46.4 Å². The third-order valence-corrected chi connectivity index (χ3v) is 7.77. The molecule has 4 rings (SSSR count). The lowest BCUT2D eigenvalue weighted by molar-refractivity contribution is 0.153. The van der Waals surface area contributed by atoms with Crippen LogP contribution >= 0.6 is 11.6 Å². The summed E-state index contributed by atoms with van der Waals surface area (Å²) >= 11 is 5.98. The fourth-order valence-corrected chi connectivity index (χ4v) is 5.66. The Morgan fingerprint density at radius 1 is 0.862 bits per heavy atom. The van der Waals surface area contributed by atoms with E-state index < -0.39 is 0 Å². The van der Waals surface area contributed by atoms with E-state index in [9.17, 15) is 0 Å². The van der Waals surface area contributed by atoms with Crippen molar-refractivity contribution >= 4 is 11.6 Å².